The van der Waals surface area contributed by atoms with Gasteiger partial charge in [0, 0.05) is 39.0 Å². The van der Waals surface area contributed by atoms with Gasteiger partial charge in [-0.2, -0.15) is 0 Å². The van der Waals surface area contributed by atoms with E-state index in [2.05, 4.69) is 32.9 Å². The van der Waals surface area contributed by atoms with E-state index in [0.717, 1.165) is 50.9 Å². The first kappa shape index (κ1) is 15.3. The summed E-state index contributed by atoms with van der Waals surface area (Å²) in [6.45, 7) is 11.3. The van der Waals surface area contributed by atoms with Gasteiger partial charge in [0.15, 0.2) is 0 Å². The minimum Gasteiger partial charge on any atom is -0.382 e. The Morgan fingerprint density at radius 1 is 1.30 bits per heavy atom. The molecule has 0 radical (unpaired) electrons. The second kappa shape index (κ2) is 8.27. The first-order chi connectivity index (χ1) is 9.79. The Hall–Kier alpha value is -1.07. The summed E-state index contributed by atoms with van der Waals surface area (Å²) in [5, 5.41) is 3.42. The summed E-state index contributed by atoms with van der Waals surface area (Å²) < 4.78 is 7.59. The second-order valence-electron chi connectivity index (χ2n) is 5.43. The van der Waals surface area contributed by atoms with E-state index in [1.807, 2.05) is 6.92 Å². The number of hydrogen-bond acceptors (Lipinski definition) is 4. The van der Waals surface area contributed by atoms with Gasteiger partial charge in [0.05, 0.1) is 5.69 Å². The van der Waals surface area contributed by atoms with Gasteiger partial charge in [-0.25, -0.2) is 4.98 Å². The molecule has 0 aromatic carbocycles. The number of nitrogens with one attached hydrogen (secondary N) is 1. The number of aryl methyl sites for hydroxylation is 1. The number of ether oxygens (including phenoxy) is 1. The van der Waals surface area contributed by atoms with E-state index < -0.39 is 0 Å². The zero-order valence-electron chi connectivity index (χ0n) is 12.9. The molecule has 20 heavy (non-hydrogen) atoms. The zero-order chi connectivity index (χ0) is 14.2. The summed E-state index contributed by atoms with van der Waals surface area (Å²) in [6, 6.07) is 0. The zero-order valence-corrected chi connectivity index (χ0v) is 12.9. The Kier molecular flexibility index (Phi) is 6.33. The summed E-state index contributed by atoms with van der Waals surface area (Å²) in [5.74, 6) is 0.998. The molecule has 0 amide bonds. The fourth-order valence-corrected chi connectivity index (χ4v) is 2.63. The lowest BCUT2D eigenvalue weighted by Gasteiger charge is -2.16. The molecular weight excluding hydrogens is 252 g/mol. The summed E-state index contributed by atoms with van der Waals surface area (Å²) in [5.41, 5.74) is 1.08. The minimum absolute atomic E-state index is 0.795. The van der Waals surface area contributed by atoms with Crippen molar-refractivity contribution in [1.82, 2.24) is 14.5 Å². The van der Waals surface area contributed by atoms with Crippen LogP contribution in [0.3, 0.4) is 0 Å². The van der Waals surface area contributed by atoms with Crippen LogP contribution in [0.4, 0.5) is 5.95 Å². The van der Waals surface area contributed by atoms with E-state index >= 15 is 0 Å². The highest BCUT2D eigenvalue weighted by Crippen LogP contribution is 2.11. The molecule has 1 saturated heterocycles. The number of aromatic nitrogens is 2. The number of likely N-dealkylation sites (tertiary alicyclic amines) is 1. The SMILES string of the molecule is CCOCCCNc1nc(C)cn1CCN1CCCC1. The lowest BCUT2D eigenvalue weighted by atomic mass is 10.4. The van der Waals surface area contributed by atoms with Crippen LogP contribution in [0.1, 0.15) is 31.9 Å². The molecule has 1 aromatic rings. The Morgan fingerprint density at radius 2 is 2.10 bits per heavy atom. The summed E-state index contributed by atoms with van der Waals surface area (Å²) >= 11 is 0. The van der Waals surface area contributed by atoms with Crippen LogP contribution in [0, 0.1) is 6.92 Å². The fourth-order valence-electron chi connectivity index (χ4n) is 2.63. The van der Waals surface area contributed by atoms with Crippen molar-refractivity contribution in [2.24, 2.45) is 0 Å². The smallest absolute Gasteiger partial charge is 0.203 e. The summed E-state index contributed by atoms with van der Waals surface area (Å²) in [6.07, 6.45) is 5.86. The Morgan fingerprint density at radius 3 is 2.85 bits per heavy atom. The quantitative estimate of drug-likeness (QED) is 0.704. The largest absolute Gasteiger partial charge is 0.382 e. The average molecular weight is 280 g/mol. The van der Waals surface area contributed by atoms with Crippen molar-refractivity contribution in [3.8, 4) is 0 Å². The Bertz CT molecular complexity index is 385. The number of rotatable bonds is 9. The van der Waals surface area contributed by atoms with Crippen LogP contribution in [-0.2, 0) is 11.3 Å². The second-order valence-corrected chi connectivity index (χ2v) is 5.43. The first-order valence-corrected chi connectivity index (χ1v) is 7.87. The molecular formula is C15H28N4O. The molecule has 2 heterocycles. The van der Waals surface area contributed by atoms with Crippen LogP contribution in [-0.4, -0.2) is 53.8 Å². The van der Waals surface area contributed by atoms with Gasteiger partial charge < -0.3 is 19.5 Å². The monoisotopic (exact) mass is 280 g/mol. The van der Waals surface area contributed by atoms with E-state index in [1.165, 1.54) is 25.9 Å². The molecule has 1 fully saturated rings. The summed E-state index contributed by atoms with van der Waals surface area (Å²) in [4.78, 5) is 7.10. The third-order valence-electron chi connectivity index (χ3n) is 3.71. The predicted octanol–water partition coefficient (Wildman–Crippen LogP) is 2.13. The first-order valence-electron chi connectivity index (χ1n) is 7.87. The maximum absolute atomic E-state index is 5.35. The molecule has 1 aliphatic heterocycles. The van der Waals surface area contributed by atoms with Gasteiger partial charge in [-0.15, -0.1) is 0 Å². The molecule has 0 bridgehead atoms. The van der Waals surface area contributed by atoms with Crippen molar-refractivity contribution in [2.45, 2.75) is 39.7 Å². The van der Waals surface area contributed by atoms with Gasteiger partial charge in [-0.05, 0) is 46.2 Å². The maximum atomic E-state index is 5.35. The van der Waals surface area contributed by atoms with Crippen molar-refractivity contribution in [1.29, 1.82) is 0 Å². The van der Waals surface area contributed by atoms with Gasteiger partial charge >= 0.3 is 0 Å². The average Bonchev–Trinajstić information content (AvgIpc) is 3.06. The molecule has 0 aliphatic carbocycles. The Labute approximate surface area is 122 Å². The maximum Gasteiger partial charge on any atom is 0.203 e. The van der Waals surface area contributed by atoms with Crippen molar-refractivity contribution < 1.29 is 4.74 Å². The van der Waals surface area contributed by atoms with Gasteiger partial charge in [0.1, 0.15) is 0 Å². The van der Waals surface area contributed by atoms with Gasteiger partial charge in [-0.3, -0.25) is 0 Å². The number of imidazole rings is 1. The lowest BCUT2D eigenvalue weighted by Crippen LogP contribution is -2.24. The highest BCUT2D eigenvalue weighted by atomic mass is 16.5. The molecule has 114 valence electrons. The fraction of sp³-hybridized carbons (Fsp3) is 0.800. The standard InChI is InChI=1S/C15H28N4O/c1-3-20-12-6-7-16-15-17-14(2)13-19(15)11-10-18-8-4-5-9-18/h13H,3-12H2,1-2H3,(H,16,17). The van der Waals surface area contributed by atoms with Crippen molar-refractivity contribution in [2.75, 3.05) is 44.7 Å². The molecule has 1 aliphatic rings. The van der Waals surface area contributed by atoms with Crippen molar-refractivity contribution in [3.63, 3.8) is 0 Å². The van der Waals surface area contributed by atoms with Crippen LogP contribution < -0.4 is 5.32 Å². The van der Waals surface area contributed by atoms with Crippen molar-refractivity contribution >= 4 is 5.95 Å². The summed E-state index contributed by atoms with van der Waals surface area (Å²) in [7, 11) is 0. The van der Waals surface area contributed by atoms with Crippen LogP contribution in [0.15, 0.2) is 6.20 Å². The van der Waals surface area contributed by atoms with E-state index in [0.29, 0.717) is 0 Å². The normalized spacial score (nSPS) is 15.9. The van der Waals surface area contributed by atoms with E-state index in [-0.39, 0.29) is 0 Å². The molecule has 1 N–H and O–H groups in total. The molecule has 1 aromatic heterocycles. The van der Waals surface area contributed by atoms with Gasteiger partial charge in [-0.1, -0.05) is 0 Å². The highest BCUT2D eigenvalue weighted by Gasteiger charge is 2.12. The van der Waals surface area contributed by atoms with Crippen LogP contribution in [0.2, 0.25) is 0 Å². The predicted molar refractivity (Wildman–Crippen MR) is 82.2 cm³/mol. The Balaban J connectivity index is 1.76. The molecule has 0 spiro atoms. The molecule has 0 atom stereocenters. The third kappa shape index (κ3) is 4.80. The molecule has 0 unspecified atom stereocenters. The van der Waals surface area contributed by atoms with E-state index in [1.54, 1.807) is 0 Å². The third-order valence-corrected chi connectivity index (χ3v) is 3.71. The minimum atomic E-state index is 0.795. The number of nitrogens with zero attached hydrogens (tertiary/aromatic N) is 3. The molecule has 5 heteroatoms. The van der Waals surface area contributed by atoms with E-state index in [9.17, 15) is 0 Å². The van der Waals surface area contributed by atoms with Gasteiger partial charge in [0.2, 0.25) is 5.95 Å². The van der Waals surface area contributed by atoms with Gasteiger partial charge in [0.25, 0.3) is 0 Å². The lowest BCUT2D eigenvalue weighted by molar-refractivity contribution is 0.147. The molecule has 0 saturated carbocycles. The molecule has 5 nitrogen and oxygen atoms in total. The van der Waals surface area contributed by atoms with Crippen molar-refractivity contribution in [3.05, 3.63) is 11.9 Å². The molecule has 2 rings (SSSR count). The topological polar surface area (TPSA) is 42.3 Å². The highest BCUT2D eigenvalue weighted by molar-refractivity contribution is 5.28. The number of hydrogen-bond donors (Lipinski definition) is 1. The van der Waals surface area contributed by atoms with Crippen LogP contribution >= 0.6 is 0 Å². The van der Waals surface area contributed by atoms with Crippen LogP contribution in [0.25, 0.3) is 0 Å². The number of anilines is 1. The van der Waals surface area contributed by atoms with E-state index in [4.69, 9.17) is 4.74 Å². The van der Waals surface area contributed by atoms with Crippen LogP contribution in [0.5, 0.6) is 0 Å².